The second-order valence-electron chi connectivity index (χ2n) is 5.98. The van der Waals surface area contributed by atoms with Gasteiger partial charge >= 0.3 is 0 Å². The standard InChI is InChI=1S/C20H16N2O3S2/c1-25-19-8-3-2-6-18(19)17-7-4-5-14-11-15(9-10-16(14)17)27(23,24)12-20-21-13-22-26-20/h2-11,13H,12H2,1H3. The maximum Gasteiger partial charge on any atom is 0.184 e. The van der Waals surface area contributed by atoms with E-state index in [-0.39, 0.29) is 10.6 Å². The van der Waals surface area contributed by atoms with E-state index in [1.165, 1.54) is 6.33 Å². The molecule has 136 valence electrons. The third-order valence-corrected chi connectivity index (χ3v) is 6.80. The van der Waals surface area contributed by atoms with E-state index in [1.807, 2.05) is 48.5 Å². The minimum atomic E-state index is -3.48. The first kappa shape index (κ1) is 17.6. The van der Waals surface area contributed by atoms with Crippen LogP contribution in [0.2, 0.25) is 0 Å². The normalized spacial score (nSPS) is 11.6. The predicted octanol–water partition coefficient (Wildman–Crippen LogP) is 4.34. The molecule has 0 bridgehead atoms. The van der Waals surface area contributed by atoms with Gasteiger partial charge in [0.1, 0.15) is 22.8 Å². The lowest BCUT2D eigenvalue weighted by Crippen LogP contribution is -2.04. The Labute approximate surface area is 161 Å². The highest BCUT2D eigenvalue weighted by molar-refractivity contribution is 7.90. The van der Waals surface area contributed by atoms with Crippen LogP contribution in [-0.4, -0.2) is 24.9 Å². The van der Waals surface area contributed by atoms with Gasteiger partial charge in [0.05, 0.1) is 12.0 Å². The van der Waals surface area contributed by atoms with Gasteiger partial charge in [0.15, 0.2) is 9.84 Å². The van der Waals surface area contributed by atoms with E-state index in [9.17, 15) is 8.42 Å². The number of aromatic nitrogens is 2. The molecular weight excluding hydrogens is 380 g/mol. The van der Waals surface area contributed by atoms with Crippen molar-refractivity contribution in [2.75, 3.05) is 7.11 Å². The summed E-state index contributed by atoms with van der Waals surface area (Å²) in [6, 6.07) is 18.8. The summed E-state index contributed by atoms with van der Waals surface area (Å²) in [7, 11) is -1.84. The molecule has 7 heteroatoms. The Balaban J connectivity index is 1.81. The van der Waals surface area contributed by atoms with Crippen molar-refractivity contribution >= 4 is 32.1 Å². The van der Waals surface area contributed by atoms with Crippen LogP contribution in [0.25, 0.3) is 21.9 Å². The second-order valence-corrected chi connectivity index (χ2v) is 8.84. The molecule has 0 fully saturated rings. The lowest BCUT2D eigenvalue weighted by atomic mass is 9.98. The molecule has 0 aliphatic rings. The Bertz CT molecular complexity index is 1200. The van der Waals surface area contributed by atoms with Gasteiger partial charge in [0, 0.05) is 5.56 Å². The van der Waals surface area contributed by atoms with Gasteiger partial charge in [-0.3, -0.25) is 0 Å². The predicted molar refractivity (Wildman–Crippen MR) is 107 cm³/mol. The molecule has 3 aromatic carbocycles. The van der Waals surface area contributed by atoms with Crippen LogP contribution in [0.15, 0.2) is 71.9 Å². The zero-order chi connectivity index (χ0) is 18.9. The Morgan fingerprint density at radius 1 is 1.00 bits per heavy atom. The molecule has 27 heavy (non-hydrogen) atoms. The maximum atomic E-state index is 12.7. The Morgan fingerprint density at radius 3 is 2.59 bits per heavy atom. The number of hydrogen-bond donors (Lipinski definition) is 0. The fourth-order valence-corrected chi connectivity index (χ4v) is 5.20. The van der Waals surface area contributed by atoms with Crippen molar-refractivity contribution in [3.05, 3.63) is 72.0 Å². The van der Waals surface area contributed by atoms with Crippen molar-refractivity contribution in [2.45, 2.75) is 10.6 Å². The van der Waals surface area contributed by atoms with Crippen LogP contribution in [0.4, 0.5) is 0 Å². The third kappa shape index (κ3) is 3.43. The van der Waals surface area contributed by atoms with Gasteiger partial charge in [-0.05, 0) is 46.1 Å². The minimum Gasteiger partial charge on any atom is -0.496 e. The number of sulfone groups is 1. The van der Waals surface area contributed by atoms with E-state index in [2.05, 4.69) is 9.36 Å². The Kier molecular flexibility index (Phi) is 4.63. The monoisotopic (exact) mass is 396 g/mol. The lowest BCUT2D eigenvalue weighted by molar-refractivity contribution is 0.416. The molecule has 0 amide bonds. The molecule has 0 radical (unpaired) electrons. The molecule has 0 aliphatic carbocycles. The molecule has 0 atom stereocenters. The zero-order valence-electron chi connectivity index (χ0n) is 14.5. The first-order valence-corrected chi connectivity index (χ1v) is 10.7. The molecule has 1 heterocycles. The van der Waals surface area contributed by atoms with Crippen LogP contribution < -0.4 is 4.74 Å². The first-order chi connectivity index (χ1) is 13.1. The molecule has 0 spiro atoms. The number of benzene rings is 3. The lowest BCUT2D eigenvalue weighted by Gasteiger charge is -2.12. The van der Waals surface area contributed by atoms with Crippen molar-refractivity contribution in [3.63, 3.8) is 0 Å². The van der Waals surface area contributed by atoms with Crippen LogP contribution in [0.3, 0.4) is 0 Å². The summed E-state index contributed by atoms with van der Waals surface area (Å²) in [4.78, 5) is 4.26. The van der Waals surface area contributed by atoms with Gasteiger partial charge in [-0.1, -0.05) is 42.5 Å². The van der Waals surface area contributed by atoms with E-state index >= 15 is 0 Å². The van der Waals surface area contributed by atoms with Crippen molar-refractivity contribution in [3.8, 4) is 16.9 Å². The maximum absolute atomic E-state index is 12.7. The number of hydrogen-bond acceptors (Lipinski definition) is 6. The van der Waals surface area contributed by atoms with Crippen LogP contribution in [-0.2, 0) is 15.6 Å². The molecule has 0 N–H and O–H groups in total. The first-order valence-electron chi connectivity index (χ1n) is 8.23. The van der Waals surface area contributed by atoms with Crippen molar-refractivity contribution in [1.29, 1.82) is 0 Å². The Morgan fingerprint density at radius 2 is 1.81 bits per heavy atom. The zero-order valence-corrected chi connectivity index (χ0v) is 16.1. The molecule has 0 saturated carbocycles. The van der Waals surface area contributed by atoms with E-state index in [0.29, 0.717) is 5.01 Å². The smallest absolute Gasteiger partial charge is 0.184 e. The minimum absolute atomic E-state index is 0.143. The van der Waals surface area contributed by atoms with Gasteiger partial charge in [-0.15, -0.1) is 0 Å². The average Bonchev–Trinajstić information content (AvgIpc) is 3.19. The quantitative estimate of drug-likeness (QED) is 0.502. The highest BCUT2D eigenvalue weighted by atomic mass is 32.2. The molecule has 4 rings (SSSR count). The van der Waals surface area contributed by atoms with E-state index in [4.69, 9.17) is 4.74 Å². The molecule has 1 aromatic heterocycles. The van der Waals surface area contributed by atoms with Crippen molar-refractivity contribution in [2.24, 2.45) is 0 Å². The number of rotatable bonds is 5. The summed E-state index contributed by atoms with van der Waals surface area (Å²) >= 11 is 1.10. The number of fused-ring (bicyclic) bond motifs is 1. The van der Waals surface area contributed by atoms with Crippen LogP contribution in [0, 0.1) is 0 Å². The van der Waals surface area contributed by atoms with Gasteiger partial charge in [-0.2, -0.15) is 4.37 Å². The summed E-state index contributed by atoms with van der Waals surface area (Å²) < 4.78 is 34.8. The van der Waals surface area contributed by atoms with Crippen LogP contribution >= 0.6 is 11.5 Å². The highest BCUT2D eigenvalue weighted by Gasteiger charge is 2.18. The highest BCUT2D eigenvalue weighted by Crippen LogP contribution is 2.35. The van der Waals surface area contributed by atoms with E-state index < -0.39 is 9.84 Å². The second kappa shape index (κ2) is 7.09. The van der Waals surface area contributed by atoms with Crippen LogP contribution in [0.5, 0.6) is 5.75 Å². The molecule has 5 nitrogen and oxygen atoms in total. The fraction of sp³-hybridized carbons (Fsp3) is 0.100. The van der Waals surface area contributed by atoms with Gasteiger partial charge in [0.2, 0.25) is 0 Å². The Hall–Kier alpha value is -2.77. The summed E-state index contributed by atoms with van der Waals surface area (Å²) in [6.07, 6.45) is 1.37. The van der Waals surface area contributed by atoms with Crippen molar-refractivity contribution < 1.29 is 13.2 Å². The number of ether oxygens (including phenoxy) is 1. The van der Waals surface area contributed by atoms with E-state index in [0.717, 1.165) is 39.2 Å². The molecule has 0 unspecified atom stereocenters. The SMILES string of the molecule is COc1ccccc1-c1cccc2cc(S(=O)(=O)Cc3ncns3)ccc12. The molecule has 4 aromatic rings. The summed E-state index contributed by atoms with van der Waals surface area (Å²) in [5, 5.41) is 2.31. The number of nitrogens with zero attached hydrogens (tertiary/aromatic N) is 2. The largest absolute Gasteiger partial charge is 0.496 e. The van der Waals surface area contributed by atoms with Gasteiger partial charge < -0.3 is 4.74 Å². The number of para-hydroxylation sites is 1. The molecule has 0 aliphatic heterocycles. The topological polar surface area (TPSA) is 69.2 Å². The van der Waals surface area contributed by atoms with Gasteiger partial charge in [-0.25, -0.2) is 13.4 Å². The number of methoxy groups -OCH3 is 1. The summed E-state index contributed by atoms with van der Waals surface area (Å²) in [5.41, 5.74) is 1.97. The average molecular weight is 396 g/mol. The van der Waals surface area contributed by atoms with Crippen LogP contribution in [0.1, 0.15) is 5.01 Å². The van der Waals surface area contributed by atoms with E-state index in [1.54, 1.807) is 19.2 Å². The fourth-order valence-electron chi connectivity index (χ4n) is 3.06. The van der Waals surface area contributed by atoms with Gasteiger partial charge in [0.25, 0.3) is 0 Å². The molecule has 0 saturated heterocycles. The summed E-state index contributed by atoms with van der Waals surface area (Å²) in [6.45, 7) is 0. The molecular formula is C20H16N2O3S2. The summed E-state index contributed by atoms with van der Waals surface area (Å²) in [5.74, 6) is 0.632. The van der Waals surface area contributed by atoms with Crippen molar-refractivity contribution in [1.82, 2.24) is 9.36 Å². The third-order valence-electron chi connectivity index (χ3n) is 4.33.